The molecule has 0 radical (unpaired) electrons. The predicted octanol–water partition coefficient (Wildman–Crippen LogP) is 2.78. The van der Waals surface area contributed by atoms with Crippen molar-refractivity contribution in [2.24, 2.45) is 0 Å². The Kier molecular flexibility index (Phi) is 4.22. The van der Waals surface area contributed by atoms with Crippen LogP contribution in [0.2, 0.25) is 0 Å². The lowest BCUT2D eigenvalue weighted by Crippen LogP contribution is -2.55. The third kappa shape index (κ3) is 2.94. The number of hydrogen-bond donors (Lipinski definition) is 2. The van der Waals surface area contributed by atoms with Crippen LogP contribution in [0.3, 0.4) is 0 Å². The highest BCUT2D eigenvalue weighted by Crippen LogP contribution is 2.33. The molecule has 2 bridgehead atoms. The minimum Gasteiger partial charge on any atom is -0.398 e. The first-order chi connectivity index (χ1) is 10.1. The molecule has 0 aliphatic carbocycles. The van der Waals surface area contributed by atoms with Crippen LogP contribution in [-0.2, 0) is 0 Å². The number of nitrogens with two attached hydrogens (primary N) is 1. The maximum absolute atomic E-state index is 12.5. The number of amides is 1. The summed E-state index contributed by atoms with van der Waals surface area (Å²) in [6.45, 7) is 0. The Balaban J connectivity index is 1.69. The van der Waals surface area contributed by atoms with Gasteiger partial charge in [0.05, 0.1) is 10.0 Å². The summed E-state index contributed by atoms with van der Waals surface area (Å²) in [6, 6.07) is 6.93. The second-order valence-corrected chi connectivity index (χ2v) is 7.05. The molecule has 1 amide bonds. The molecule has 3 N–H and O–H groups in total. The molecular weight excluding hydrogens is 330 g/mol. The van der Waals surface area contributed by atoms with E-state index in [1.54, 1.807) is 6.07 Å². The average molecular weight is 352 g/mol. The minimum absolute atomic E-state index is 0.0261. The topological polar surface area (TPSA) is 58.4 Å². The number of benzene rings is 1. The maximum atomic E-state index is 12.5. The van der Waals surface area contributed by atoms with Crippen LogP contribution in [0.1, 0.15) is 42.5 Å². The van der Waals surface area contributed by atoms with Crippen LogP contribution in [0.5, 0.6) is 0 Å². The summed E-state index contributed by atoms with van der Waals surface area (Å²) in [5, 5.41) is 3.20. The van der Waals surface area contributed by atoms with Crippen molar-refractivity contribution < 1.29 is 4.79 Å². The van der Waals surface area contributed by atoms with E-state index >= 15 is 0 Å². The average Bonchev–Trinajstić information content (AvgIpc) is 2.43. The maximum Gasteiger partial charge on any atom is 0.252 e. The molecule has 0 spiro atoms. The van der Waals surface area contributed by atoms with Gasteiger partial charge in [-0.1, -0.05) is 12.5 Å². The lowest BCUT2D eigenvalue weighted by Gasteiger charge is -2.47. The first-order valence-electron chi connectivity index (χ1n) is 7.63. The number of piperidine rings is 2. The fraction of sp³-hybridized carbons (Fsp3) is 0.562. The number of carbonyl (C=O) groups is 1. The van der Waals surface area contributed by atoms with E-state index in [0.29, 0.717) is 27.8 Å². The number of hydrogen-bond acceptors (Lipinski definition) is 3. The van der Waals surface area contributed by atoms with Gasteiger partial charge in [0.25, 0.3) is 5.91 Å². The van der Waals surface area contributed by atoms with E-state index in [0.717, 1.165) is 12.8 Å². The van der Waals surface area contributed by atoms with Crippen LogP contribution in [-0.4, -0.2) is 36.0 Å². The summed E-state index contributed by atoms with van der Waals surface area (Å²) < 4.78 is 0.690. The smallest absolute Gasteiger partial charge is 0.252 e. The zero-order valence-electron chi connectivity index (χ0n) is 12.3. The van der Waals surface area contributed by atoms with Crippen molar-refractivity contribution in [2.45, 2.75) is 50.2 Å². The highest BCUT2D eigenvalue weighted by molar-refractivity contribution is 9.10. The van der Waals surface area contributed by atoms with Crippen molar-refractivity contribution >= 4 is 27.5 Å². The summed E-state index contributed by atoms with van der Waals surface area (Å²) in [7, 11) is 2.22. The highest BCUT2D eigenvalue weighted by atomic mass is 79.9. The van der Waals surface area contributed by atoms with Crippen molar-refractivity contribution in [1.82, 2.24) is 10.2 Å². The summed E-state index contributed by atoms with van der Waals surface area (Å²) >= 11 is 3.41. The number of nitrogens with zero attached hydrogens (tertiary/aromatic N) is 1. The lowest BCUT2D eigenvalue weighted by molar-refractivity contribution is 0.0463. The first kappa shape index (κ1) is 14.9. The van der Waals surface area contributed by atoms with E-state index in [4.69, 9.17) is 5.73 Å². The molecule has 1 aromatic carbocycles. The summed E-state index contributed by atoms with van der Waals surface area (Å²) in [4.78, 5) is 15.0. The van der Waals surface area contributed by atoms with Crippen molar-refractivity contribution in [3.8, 4) is 0 Å². The zero-order chi connectivity index (χ0) is 15.0. The van der Waals surface area contributed by atoms with Gasteiger partial charge < -0.3 is 16.0 Å². The van der Waals surface area contributed by atoms with Crippen LogP contribution in [0.15, 0.2) is 22.7 Å². The summed E-state index contributed by atoms with van der Waals surface area (Å²) in [6.07, 6.45) is 5.93. The van der Waals surface area contributed by atoms with E-state index in [2.05, 4.69) is 33.2 Å². The Labute approximate surface area is 134 Å². The molecule has 2 saturated heterocycles. The molecule has 0 saturated carbocycles. The first-order valence-corrected chi connectivity index (χ1v) is 8.42. The van der Waals surface area contributed by atoms with E-state index < -0.39 is 0 Å². The van der Waals surface area contributed by atoms with E-state index in [1.807, 2.05) is 12.1 Å². The molecule has 2 fully saturated rings. The Bertz CT molecular complexity index is 534. The van der Waals surface area contributed by atoms with Crippen molar-refractivity contribution in [2.75, 3.05) is 12.8 Å². The lowest BCUT2D eigenvalue weighted by atomic mass is 9.82. The summed E-state index contributed by atoms with van der Waals surface area (Å²) in [5.74, 6) is -0.0261. The van der Waals surface area contributed by atoms with Gasteiger partial charge in [-0.15, -0.1) is 0 Å². The van der Waals surface area contributed by atoms with Crippen LogP contribution in [0, 0.1) is 0 Å². The Morgan fingerprint density at radius 3 is 2.67 bits per heavy atom. The Hall–Kier alpha value is -1.07. The molecule has 2 atom stereocenters. The quantitative estimate of drug-likeness (QED) is 0.805. The third-order valence-electron chi connectivity index (χ3n) is 4.95. The Morgan fingerprint density at radius 2 is 2.00 bits per heavy atom. The number of carbonyl (C=O) groups excluding carboxylic acids is 1. The van der Waals surface area contributed by atoms with Gasteiger partial charge in [0.1, 0.15) is 0 Å². The van der Waals surface area contributed by atoms with E-state index in [9.17, 15) is 4.79 Å². The molecule has 2 aliphatic rings. The van der Waals surface area contributed by atoms with Gasteiger partial charge in [0.2, 0.25) is 0 Å². The molecule has 3 rings (SSSR count). The largest absolute Gasteiger partial charge is 0.398 e. The number of anilines is 1. The highest BCUT2D eigenvalue weighted by Gasteiger charge is 2.36. The molecule has 2 aliphatic heterocycles. The van der Waals surface area contributed by atoms with Crippen LogP contribution >= 0.6 is 15.9 Å². The molecule has 2 unspecified atom stereocenters. The number of fused-ring (bicyclic) bond motifs is 2. The van der Waals surface area contributed by atoms with Gasteiger partial charge in [0.15, 0.2) is 0 Å². The van der Waals surface area contributed by atoms with Crippen molar-refractivity contribution in [3.63, 3.8) is 0 Å². The zero-order valence-corrected chi connectivity index (χ0v) is 13.9. The SMILES string of the molecule is CN1C2CCCC1CC(NC(=O)c1cccc(N)c1Br)C2. The van der Waals surface area contributed by atoms with Gasteiger partial charge in [-0.3, -0.25) is 4.79 Å². The fourth-order valence-corrected chi connectivity index (χ4v) is 4.17. The Morgan fingerprint density at radius 1 is 1.33 bits per heavy atom. The molecular formula is C16H22BrN3O. The molecule has 21 heavy (non-hydrogen) atoms. The monoisotopic (exact) mass is 351 g/mol. The number of nitrogen functional groups attached to an aromatic ring is 1. The van der Waals surface area contributed by atoms with Gasteiger partial charge in [0, 0.05) is 23.8 Å². The normalized spacial score (nSPS) is 29.1. The molecule has 0 aromatic heterocycles. The van der Waals surface area contributed by atoms with Crippen LogP contribution in [0.4, 0.5) is 5.69 Å². The predicted molar refractivity (Wildman–Crippen MR) is 88.2 cm³/mol. The van der Waals surface area contributed by atoms with Crippen molar-refractivity contribution in [3.05, 3.63) is 28.2 Å². The minimum atomic E-state index is -0.0261. The van der Waals surface area contributed by atoms with Gasteiger partial charge in [-0.2, -0.15) is 0 Å². The van der Waals surface area contributed by atoms with E-state index in [-0.39, 0.29) is 11.9 Å². The van der Waals surface area contributed by atoms with Crippen LogP contribution in [0.25, 0.3) is 0 Å². The molecule has 114 valence electrons. The number of halogens is 1. The number of rotatable bonds is 2. The summed E-state index contributed by atoms with van der Waals surface area (Å²) in [5.41, 5.74) is 7.08. The molecule has 4 nitrogen and oxygen atoms in total. The molecule has 5 heteroatoms. The third-order valence-corrected chi connectivity index (χ3v) is 5.83. The van der Waals surface area contributed by atoms with Gasteiger partial charge in [-0.25, -0.2) is 0 Å². The fourth-order valence-electron chi connectivity index (χ4n) is 3.72. The van der Waals surface area contributed by atoms with Crippen LogP contribution < -0.4 is 11.1 Å². The van der Waals surface area contributed by atoms with Crippen molar-refractivity contribution in [1.29, 1.82) is 0 Å². The van der Waals surface area contributed by atoms with Gasteiger partial charge in [-0.05, 0) is 60.8 Å². The molecule has 1 aromatic rings. The standard InChI is InChI=1S/C16H22BrN3O/c1-20-11-4-2-5-12(20)9-10(8-11)19-16(21)13-6-3-7-14(18)15(13)17/h3,6-7,10-12H,2,4-5,8-9,18H2,1H3,(H,19,21). The van der Waals surface area contributed by atoms with E-state index in [1.165, 1.54) is 19.3 Å². The molecule has 2 heterocycles. The second-order valence-electron chi connectivity index (χ2n) is 6.25. The number of nitrogens with one attached hydrogen (secondary N) is 1. The van der Waals surface area contributed by atoms with Gasteiger partial charge >= 0.3 is 0 Å². The second kappa shape index (κ2) is 5.97.